The van der Waals surface area contributed by atoms with Crippen LogP contribution in [0.3, 0.4) is 0 Å². The van der Waals surface area contributed by atoms with Crippen LogP contribution in [0.2, 0.25) is 5.02 Å². The summed E-state index contributed by atoms with van der Waals surface area (Å²) in [4.78, 5) is 0.00123. The highest BCUT2D eigenvalue weighted by atomic mass is 79.9. The van der Waals surface area contributed by atoms with E-state index in [1.165, 1.54) is 36.4 Å². The number of hydrogen-bond acceptors (Lipinski definition) is 2. The molecule has 2 aromatic rings. The maximum Gasteiger partial charge on any atom is 0.242 e. The lowest BCUT2D eigenvalue weighted by Crippen LogP contribution is -2.27. The number of hydrogen-bond donors (Lipinski definition) is 1. The van der Waals surface area contributed by atoms with Crippen LogP contribution in [0.4, 0.5) is 4.39 Å². The molecule has 0 saturated carbocycles. The molecule has 0 fully saturated rings. The Hall–Kier alpha value is -0.950. The molecule has 0 aliphatic carbocycles. The van der Waals surface area contributed by atoms with Gasteiger partial charge in [0.15, 0.2) is 0 Å². The molecule has 1 N–H and O–H groups in total. The van der Waals surface area contributed by atoms with Gasteiger partial charge in [0, 0.05) is 10.5 Å². The minimum absolute atomic E-state index is 0.00123. The van der Waals surface area contributed by atoms with Crippen molar-refractivity contribution in [1.82, 2.24) is 4.72 Å². The first kappa shape index (κ1) is 16.4. The van der Waals surface area contributed by atoms with Crippen molar-refractivity contribution in [2.45, 2.75) is 17.9 Å². The molecule has 0 unspecified atom stereocenters. The van der Waals surface area contributed by atoms with E-state index in [4.69, 9.17) is 11.6 Å². The Kier molecular flexibility index (Phi) is 5.03. The maximum absolute atomic E-state index is 12.9. The lowest BCUT2D eigenvalue weighted by molar-refractivity contribution is 0.566. The second-order valence-corrected chi connectivity index (χ2v) is 7.47. The Balaban J connectivity index is 2.26. The predicted molar refractivity (Wildman–Crippen MR) is 84.3 cm³/mol. The fraction of sp³-hybridized carbons (Fsp3) is 0.143. The summed E-state index contributed by atoms with van der Waals surface area (Å²) >= 11 is 9.19. The van der Waals surface area contributed by atoms with Gasteiger partial charge in [-0.2, -0.15) is 0 Å². The Morgan fingerprint density at radius 2 is 1.81 bits per heavy atom. The van der Waals surface area contributed by atoms with Gasteiger partial charge in [0.2, 0.25) is 10.0 Å². The van der Waals surface area contributed by atoms with E-state index in [0.717, 1.165) is 0 Å². The van der Waals surface area contributed by atoms with Crippen molar-refractivity contribution in [3.8, 4) is 0 Å². The summed E-state index contributed by atoms with van der Waals surface area (Å²) in [6.45, 7) is 1.68. The Morgan fingerprint density at radius 1 is 1.19 bits per heavy atom. The highest BCUT2D eigenvalue weighted by molar-refractivity contribution is 9.10. The van der Waals surface area contributed by atoms with Gasteiger partial charge in [0.05, 0.1) is 5.02 Å². The minimum Gasteiger partial charge on any atom is -0.207 e. The Labute approximate surface area is 136 Å². The molecule has 0 aliphatic rings. The first-order valence-electron chi connectivity index (χ1n) is 6.02. The molecular weight excluding hydrogens is 381 g/mol. The van der Waals surface area contributed by atoms with Gasteiger partial charge in [-0.05, 0) is 42.8 Å². The van der Waals surface area contributed by atoms with Gasteiger partial charge < -0.3 is 0 Å². The van der Waals surface area contributed by atoms with Crippen LogP contribution in [0.25, 0.3) is 0 Å². The molecule has 0 heterocycles. The molecule has 0 spiro atoms. The highest BCUT2D eigenvalue weighted by Crippen LogP contribution is 2.26. The molecule has 2 aromatic carbocycles. The predicted octanol–water partition coefficient (Wildman–Crippen LogP) is 4.28. The number of benzene rings is 2. The SMILES string of the molecule is C[C@H](NS(=O)(=O)c1ccc(Br)cc1Cl)c1ccc(F)cc1. The van der Waals surface area contributed by atoms with Crippen LogP contribution < -0.4 is 4.72 Å². The Bertz CT molecular complexity index is 750. The van der Waals surface area contributed by atoms with Gasteiger partial charge in [-0.3, -0.25) is 0 Å². The summed E-state index contributed by atoms with van der Waals surface area (Å²) in [5.74, 6) is -0.371. The summed E-state index contributed by atoms with van der Waals surface area (Å²) in [6, 6.07) is 9.67. The summed E-state index contributed by atoms with van der Waals surface area (Å²) in [5, 5.41) is 0.128. The van der Waals surface area contributed by atoms with Gasteiger partial charge in [-0.25, -0.2) is 17.5 Å². The van der Waals surface area contributed by atoms with Crippen LogP contribution in [0.15, 0.2) is 51.8 Å². The summed E-state index contributed by atoms with van der Waals surface area (Å²) in [6.07, 6.45) is 0. The zero-order chi connectivity index (χ0) is 15.6. The second kappa shape index (κ2) is 6.44. The molecule has 1 atom stereocenters. The van der Waals surface area contributed by atoms with E-state index in [-0.39, 0.29) is 15.7 Å². The van der Waals surface area contributed by atoms with Gasteiger partial charge in [-0.1, -0.05) is 39.7 Å². The third kappa shape index (κ3) is 4.03. The van der Waals surface area contributed by atoms with Gasteiger partial charge in [-0.15, -0.1) is 0 Å². The van der Waals surface area contributed by atoms with Crippen molar-refractivity contribution in [2.75, 3.05) is 0 Å². The number of sulfonamides is 1. The fourth-order valence-corrected chi connectivity index (χ4v) is 4.08. The zero-order valence-corrected chi connectivity index (χ0v) is 14.1. The molecule has 0 radical (unpaired) electrons. The summed E-state index contributed by atoms with van der Waals surface area (Å²) in [7, 11) is -3.76. The molecule has 112 valence electrons. The van der Waals surface area contributed by atoms with Crippen molar-refractivity contribution < 1.29 is 12.8 Å². The lowest BCUT2D eigenvalue weighted by atomic mass is 10.1. The lowest BCUT2D eigenvalue weighted by Gasteiger charge is -2.15. The smallest absolute Gasteiger partial charge is 0.207 e. The van der Waals surface area contributed by atoms with E-state index in [1.807, 2.05) is 0 Å². The van der Waals surface area contributed by atoms with Crippen LogP contribution >= 0.6 is 27.5 Å². The fourth-order valence-electron chi connectivity index (χ4n) is 1.81. The maximum atomic E-state index is 12.9. The first-order chi connectivity index (χ1) is 9.79. The molecule has 2 rings (SSSR count). The van der Waals surface area contributed by atoms with Crippen molar-refractivity contribution in [1.29, 1.82) is 0 Å². The average molecular weight is 393 g/mol. The molecular formula is C14H12BrClFNO2S. The number of rotatable bonds is 4. The minimum atomic E-state index is -3.76. The third-order valence-corrected chi connectivity index (χ3v) is 5.40. The van der Waals surface area contributed by atoms with Gasteiger partial charge in [0.25, 0.3) is 0 Å². The monoisotopic (exact) mass is 391 g/mol. The average Bonchev–Trinajstić information content (AvgIpc) is 2.38. The van der Waals surface area contributed by atoms with E-state index >= 15 is 0 Å². The molecule has 0 saturated heterocycles. The normalized spacial score (nSPS) is 13.1. The topological polar surface area (TPSA) is 46.2 Å². The van der Waals surface area contributed by atoms with Crippen molar-refractivity contribution >= 4 is 37.6 Å². The van der Waals surface area contributed by atoms with E-state index in [2.05, 4.69) is 20.7 Å². The second-order valence-electron chi connectivity index (χ2n) is 4.47. The number of halogens is 3. The zero-order valence-electron chi connectivity index (χ0n) is 11.0. The van der Waals surface area contributed by atoms with Crippen molar-refractivity contribution in [3.63, 3.8) is 0 Å². The third-order valence-electron chi connectivity index (χ3n) is 2.89. The van der Waals surface area contributed by atoms with E-state index in [0.29, 0.717) is 10.0 Å². The number of nitrogens with one attached hydrogen (secondary N) is 1. The molecule has 0 aromatic heterocycles. The van der Waals surface area contributed by atoms with Crippen LogP contribution in [-0.2, 0) is 10.0 Å². The van der Waals surface area contributed by atoms with Crippen molar-refractivity contribution in [2.24, 2.45) is 0 Å². The van der Waals surface area contributed by atoms with E-state index < -0.39 is 16.1 Å². The molecule has 0 amide bonds. The van der Waals surface area contributed by atoms with Crippen LogP contribution in [0, 0.1) is 5.82 Å². The summed E-state index contributed by atoms with van der Waals surface area (Å²) < 4.78 is 40.8. The molecule has 21 heavy (non-hydrogen) atoms. The molecule has 0 aliphatic heterocycles. The van der Waals surface area contributed by atoms with E-state index in [9.17, 15) is 12.8 Å². The molecule has 7 heteroatoms. The molecule has 3 nitrogen and oxygen atoms in total. The van der Waals surface area contributed by atoms with E-state index in [1.54, 1.807) is 13.0 Å². The van der Waals surface area contributed by atoms with Crippen LogP contribution in [0.1, 0.15) is 18.5 Å². The van der Waals surface area contributed by atoms with Gasteiger partial charge in [0.1, 0.15) is 10.7 Å². The largest absolute Gasteiger partial charge is 0.242 e. The summed E-state index contributed by atoms with van der Waals surface area (Å²) in [5.41, 5.74) is 0.660. The Morgan fingerprint density at radius 3 is 2.38 bits per heavy atom. The quantitative estimate of drug-likeness (QED) is 0.844. The van der Waals surface area contributed by atoms with Crippen LogP contribution in [-0.4, -0.2) is 8.42 Å². The van der Waals surface area contributed by atoms with Crippen LogP contribution in [0.5, 0.6) is 0 Å². The first-order valence-corrected chi connectivity index (χ1v) is 8.68. The van der Waals surface area contributed by atoms with Crippen molar-refractivity contribution in [3.05, 3.63) is 63.3 Å². The van der Waals surface area contributed by atoms with Gasteiger partial charge >= 0.3 is 0 Å². The molecule has 0 bridgehead atoms. The highest BCUT2D eigenvalue weighted by Gasteiger charge is 2.21. The standard InChI is InChI=1S/C14H12BrClFNO2S/c1-9(10-2-5-12(17)6-3-10)18-21(19,20)14-7-4-11(15)8-13(14)16/h2-9,18H,1H3/t9-/m0/s1.